The minimum Gasteiger partial charge on any atom is -0.315 e. The van der Waals surface area contributed by atoms with E-state index in [0.29, 0.717) is 6.04 Å². The van der Waals surface area contributed by atoms with E-state index in [9.17, 15) is 0 Å². The van der Waals surface area contributed by atoms with Gasteiger partial charge in [0.1, 0.15) is 0 Å². The maximum absolute atomic E-state index is 4.55. The molecule has 1 aliphatic heterocycles. The van der Waals surface area contributed by atoms with Gasteiger partial charge in [-0.2, -0.15) is 0 Å². The molecule has 1 aromatic carbocycles. The molecule has 1 saturated heterocycles. The summed E-state index contributed by atoms with van der Waals surface area (Å²) < 4.78 is 3.25. The molecule has 4 heteroatoms. The van der Waals surface area contributed by atoms with Crippen LogP contribution in [-0.2, 0) is 0 Å². The third-order valence-electron chi connectivity index (χ3n) is 3.20. The summed E-state index contributed by atoms with van der Waals surface area (Å²) in [6.07, 6.45) is 1.18. The van der Waals surface area contributed by atoms with Gasteiger partial charge in [-0.05, 0) is 53.5 Å². The van der Waals surface area contributed by atoms with Crippen molar-refractivity contribution in [3.63, 3.8) is 0 Å². The Bertz CT molecular complexity index is 526. The Morgan fingerprint density at radius 1 is 1.50 bits per heavy atom. The molecule has 2 aromatic rings. The Hall–Kier alpha value is -0.870. The SMILES string of the molecule is Cc1ccc2nc(Br)n(C3CCNC3)c2c1. The summed E-state index contributed by atoms with van der Waals surface area (Å²) in [5.74, 6) is 0. The van der Waals surface area contributed by atoms with Crippen molar-refractivity contribution in [1.29, 1.82) is 0 Å². The van der Waals surface area contributed by atoms with Crippen LogP contribution in [0.15, 0.2) is 22.9 Å². The lowest BCUT2D eigenvalue weighted by molar-refractivity contribution is 0.551. The minimum absolute atomic E-state index is 0.529. The molecule has 1 N–H and O–H groups in total. The highest BCUT2D eigenvalue weighted by atomic mass is 79.9. The average Bonchev–Trinajstić information content (AvgIpc) is 2.83. The van der Waals surface area contributed by atoms with Gasteiger partial charge in [-0.15, -0.1) is 0 Å². The van der Waals surface area contributed by atoms with Gasteiger partial charge in [-0.25, -0.2) is 4.98 Å². The first-order valence-corrected chi connectivity index (χ1v) is 6.40. The fourth-order valence-electron chi connectivity index (χ4n) is 2.38. The van der Waals surface area contributed by atoms with Gasteiger partial charge in [-0.3, -0.25) is 0 Å². The van der Waals surface area contributed by atoms with Gasteiger partial charge < -0.3 is 9.88 Å². The van der Waals surface area contributed by atoms with Crippen LogP contribution in [-0.4, -0.2) is 22.6 Å². The normalized spacial score (nSPS) is 20.8. The molecule has 1 fully saturated rings. The van der Waals surface area contributed by atoms with Crippen LogP contribution in [0.2, 0.25) is 0 Å². The van der Waals surface area contributed by atoms with Crippen LogP contribution < -0.4 is 5.32 Å². The smallest absolute Gasteiger partial charge is 0.178 e. The van der Waals surface area contributed by atoms with E-state index in [2.05, 4.69) is 55.9 Å². The second kappa shape index (κ2) is 3.86. The monoisotopic (exact) mass is 279 g/mol. The van der Waals surface area contributed by atoms with E-state index in [-0.39, 0.29) is 0 Å². The Morgan fingerprint density at radius 3 is 3.12 bits per heavy atom. The molecule has 1 unspecified atom stereocenters. The summed E-state index contributed by atoms with van der Waals surface area (Å²) in [5.41, 5.74) is 3.59. The molecular formula is C12H14BrN3. The van der Waals surface area contributed by atoms with Crippen molar-refractivity contribution in [2.24, 2.45) is 0 Å². The van der Waals surface area contributed by atoms with E-state index in [4.69, 9.17) is 0 Å². The number of halogens is 1. The number of rotatable bonds is 1. The number of imidazole rings is 1. The molecule has 3 nitrogen and oxygen atoms in total. The van der Waals surface area contributed by atoms with E-state index in [1.807, 2.05) is 0 Å². The van der Waals surface area contributed by atoms with Crippen LogP contribution >= 0.6 is 15.9 Å². The lowest BCUT2D eigenvalue weighted by Crippen LogP contribution is -2.13. The van der Waals surface area contributed by atoms with Crippen molar-refractivity contribution in [3.8, 4) is 0 Å². The average molecular weight is 280 g/mol. The van der Waals surface area contributed by atoms with Crippen molar-refractivity contribution in [3.05, 3.63) is 28.5 Å². The summed E-state index contributed by atoms with van der Waals surface area (Å²) in [5, 5.41) is 3.40. The predicted molar refractivity (Wildman–Crippen MR) is 68.7 cm³/mol. The Morgan fingerprint density at radius 2 is 2.38 bits per heavy atom. The van der Waals surface area contributed by atoms with Crippen molar-refractivity contribution in [2.45, 2.75) is 19.4 Å². The molecule has 84 valence electrons. The molecule has 0 spiro atoms. The number of benzene rings is 1. The van der Waals surface area contributed by atoms with E-state index in [1.165, 1.54) is 17.5 Å². The van der Waals surface area contributed by atoms with Crippen LogP contribution in [0.4, 0.5) is 0 Å². The first-order chi connectivity index (χ1) is 7.75. The predicted octanol–water partition coefficient (Wildman–Crippen LogP) is 2.64. The van der Waals surface area contributed by atoms with Crippen molar-refractivity contribution >= 4 is 27.0 Å². The zero-order valence-corrected chi connectivity index (χ0v) is 10.8. The largest absolute Gasteiger partial charge is 0.315 e. The van der Waals surface area contributed by atoms with Gasteiger partial charge in [0.25, 0.3) is 0 Å². The maximum Gasteiger partial charge on any atom is 0.178 e. The molecule has 1 aromatic heterocycles. The van der Waals surface area contributed by atoms with Gasteiger partial charge in [-0.1, -0.05) is 6.07 Å². The Labute approximate surface area is 103 Å². The van der Waals surface area contributed by atoms with Crippen LogP contribution in [0.1, 0.15) is 18.0 Å². The molecule has 0 bridgehead atoms. The number of hydrogen-bond donors (Lipinski definition) is 1. The summed E-state index contributed by atoms with van der Waals surface area (Å²) in [6, 6.07) is 6.94. The lowest BCUT2D eigenvalue weighted by atomic mass is 10.2. The summed E-state index contributed by atoms with van der Waals surface area (Å²) in [4.78, 5) is 4.55. The van der Waals surface area contributed by atoms with E-state index < -0.39 is 0 Å². The highest BCUT2D eigenvalue weighted by Crippen LogP contribution is 2.28. The van der Waals surface area contributed by atoms with Crippen LogP contribution in [0.25, 0.3) is 11.0 Å². The van der Waals surface area contributed by atoms with E-state index in [0.717, 1.165) is 23.3 Å². The molecular weight excluding hydrogens is 266 g/mol. The number of nitrogens with zero attached hydrogens (tertiary/aromatic N) is 2. The van der Waals surface area contributed by atoms with Gasteiger partial charge >= 0.3 is 0 Å². The second-order valence-corrected chi connectivity index (χ2v) is 5.10. The molecule has 16 heavy (non-hydrogen) atoms. The Balaban J connectivity index is 2.20. The Kier molecular flexibility index (Phi) is 2.48. The summed E-state index contributed by atoms with van der Waals surface area (Å²) >= 11 is 3.57. The van der Waals surface area contributed by atoms with Crippen molar-refractivity contribution in [1.82, 2.24) is 14.9 Å². The fourth-order valence-corrected chi connectivity index (χ4v) is 3.05. The molecule has 0 radical (unpaired) electrons. The standard InChI is InChI=1S/C12H14BrN3/c1-8-2-3-10-11(6-8)16(12(13)15-10)9-4-5-14-7-9/h2-3,6,9,14H,4-5,7H2,1H3. The summed E-state index contributed by atoms with van der Waals surface area (Å²) in [7, 11) is 0. The van der Waals surface area contributed by atoms with E-state index in [1.54, 1.807) is 0 Å². The number of hydrogen-bond acceptors (Lipinski definition) is 2. The quantitative estimate of drug-likeness (QED) is 0.870. The molecule has 0 saturated carbocycles. The lowest BCUT2D eigenvalue weighted by Gasteiger charge is -2.13. The fraction of sp³-hybridized carbons (Fsp3) is 0.417. The molecule has 3 rings (SSSR count). The topological polar surface area (TPSA) is 29.9 Å². The van der Waals surface area contributed by atoms with Gasteiger partial charge in [0.05, 0.1) is 11.0 Å². The zero-order chi connectivity index (χ0) is 11.1. The minimum atomic E-state index is 0.529. The van der Waals surface area contributed by atoms with Crippen molar-refractivity contribution in [2.75, 3.05) is 13.1 Å². The highest BCUT2D eigenvalue weighted by molar-refractivity contribution is 9.10. The van der Waals surface area contributed by atoms with Gasteiger partial charge in [0, 0.05) is 12.6 Å². The van der Waals surface area contributed by atoms with Crippen molar-refractivity contribution < 1.29 is 0 Å². The van der Waals surface area contributed by atoms with E-state index >= 15 is 0 Å². The van der Waals surface area contributed by atoms with Crippen LogP contribution in [0.5, 0.6) is 0 Å². The van der Waals surface area contributed by atoms with Crippen LogP contribution in [0.3, 0.4) is 0 Å². The van der Waals surface area contributed by atoms with Crippen LogP contribution in [0, 0.1) is 6.92 Å². The molecule has 0 amide bonds. The number of nitrogens with one attached hydrogen (secondary N) is 1. The van der Waals surface area contributed by atoms with Gasteiger partial charge in [0.15, 0.2) is 4.73 Å². The molecule has 1 aliphatic rings. The molecule has 0 aliphatic carbocycles. The third-order valence-corrected chi connectivity index (χ3v) is 3.76. The zero-order valence-electron chi connectivity index (χ0n) is 9.20. The molecule has 2 heterocycles. The highest BCUT2D eigenvalue weighted by Gasteiger charge is 2.21. The number of fused-ring (bicyclic) bond motifs is 1. The number of aryl methyl sites for hydroxylation is 1. The first-order valence-electron chi connectivity index (χ1n) is 5.60. The third kappa shape index (κ3) is 1.57. The number of aromatic nitrogens is 2. The first kappa shape index (κ1) is 10.3. The summed E-state index contributed by atoms with van der Waals surface area (Å²) in [6.45, 7) is 4.26. The molecule has 1 atom stereocenters. The maximum atomic E-state index is 4.55. The van der Waals surface area contributed by atoms with Gasteiger partial charge in [0.2, 0.25) is 0 Å². The second-order valence-electron chi connectivity index (χ2n) is 4.39.